The van der Waals surface area contributed by atoms with E-state index in [1.54, 1.807) is 0 Å². The second-order valence-corrected chi connectivity index (χ2v) is 61.9. The zero-order valence-corrected chi connectivity index (χ0v) is 41.3. The molecule has 0 heterocycles. The van der Waals surface area contributed by atoms with E-state index < -0.39 is 12.9 Å². The van der Waals surface area contributed by atoms with Crippen LogP contribution in [-0.4, -0.2) is 4.21 Å². The molecule has 0 saturated heterocycles. The van der Waals surface area contributed by atoms with E-state index in [9.17, 15) is 17.0 Å². The number of hydrogen-bond donors (Lipinski definition) is 0. The van der Waals surface area contributed by atoms with Crippen molar-refractivity contribution in [3.8, 4) is 33.4 Å². The van der Waals surface area contributed by atoms with Crippen LogP contribution < -0.4 is 0 Å². The molecule has 0 bridgehead atoms. The standard InChI is InChI=1S/C39H45.C5H5.2C4H9.CH2.2ClH.Zr/c1-22-13-24(3)36(25(4)14-22)32-18-28-17-29-19-33(37-26(5)15-23(2)16-27(37)6)35(39(10,11)12)21-31(29)30(28)20-34(32)38(7,8)9;1-2-4-5-3-1;2*1-3-4-2;;;;/h13-21H,1-12H3;1-5H;2*1,3-4H2,2H3;1H2;2*1H;/q;;;;;;;+2/p-2. The zero-order chi connectivity index (χ0) is 41.5. The first kappa shape index (κ1) is 43.3. The number of aryl methyl sites for hydroxylation is 6. The summed E-state index contributed by atoms with van der Waals surface area (Å²) in [6, 6.07) is 19.6. The number of halogens is 2. The molecule has 0 amide bonds. The molecule has 2 aliphatic rings. The van der Waals surface area contributed by atoms with Crippen molar-refractivity contribution in [2.75, 3.05) is 0 Å². The summed E-state index contributed by atoms with van der Waals surface area (Å²) in [5, 5.41) is 0. The molecule has 300 valence electrons. The summed E-state index contributed by atoms with van der Waals surface area (Å²) >= 11 is -6.52. The van der Waals surface area contributed by atoms with Crippen molar-refractivity contribution in [3.05, 3.63) is 128 Å². The van der Waals surface area contributed by atoms with Crippen LogP contribution in [0.15, 0.2) is 72.8 Å². The molecule has 0 N–H and O–H groups in total. The summed E-state index contributed by atoms with van der Waals surface area (Å²) in [5.74, 6) is 0. The average Bonchev–Trinajstić information content (AvgIpc) is 3.73. The molecule has 0 unspecified atom stereocenters. The predicted octanol–water partition coefficient (Wildman–Crippen LogP) is 17.4. The summed E-state index contributed by atoms with van der Waals surface area (Å²) in [6.45, 7) is 32.3. The molecule has 0 aromatic heterocycles. The van der Waals surface area contributed by atoms with Crippen LogP contribution in [0.5, 0.6) is 0 Å². The second kappa shape index (κ2) is 13.4. The van der Waals surface area contributed by atoms with Crippen molar-refractivity contribution >= 4 is 21.2 Å². The summed E-state index contributed by atoms with van der Waals surface area (Å²) in [6.07, 6.45) is 12.9. The zero-order valence-electron chi connectivity index (χ0n) is 37.3. The second-order valence-electron chi connectivity index (χ2n) is 21.4. The monoisotopic (exact) mass is 866 g/mol. The van der Waals surface area contributed by atoms with E-state index in [0.717, 1.165) is 33.9 Å². The molecule has 2 aliphatic carbocycles. The van der Waals surface area contributed by atoms with E-state index in [1.807, 2.05) is 0 Å². The van der Waals surface area contributed by atoms with Gasteiger partial charge in [0, 0.05) is 0 Å². The van der Waals surface area contributed by atoms with Gasteiger partial charge >= 0.3 is 345 Å². The fourth-order valence-electron chi connectivity index (χ4n) is 11.8. The van der Waals surface area contributed by atoms with Crippen LogP contribution >= 0.6 is 17.0 Å². The summed E-state index contributed by atoms with van der Waals surface area (Å²) in [4.78, 5) is 0. The number of benzene rings is 4. The van der Waals surface area contributed by atoms with Crippen molar-refractivity contribution in [2.45, 2.75) is 149 Å². The van der Waals surface area contributed by atoms with Crippen LogP contribution in [0.4, 0.5) is 0 Å². The topological polar surface area (TPSA) is 0 Å². The predicted molar refractivity (Wildman–Crippen MR) is 251 cm³/mol. The van der Waals surface area contributed by atoms with E-state index in [2.05, 4.69) is 170 Å². The Hall–Kier alpha value is -2.31. The number of unbranched alkanes of at least 4 members (excludes halogenated alkanes) is 2. The van der Waals surface area contributed by atoms with Crippen LogP contribution in [-0.2, 0) is 23.8 Å². The number of allylic oxidation sites excluding steroid dienone is 4. The van der Waals surface area contributed by atoms with Crippen LogP contribution in [0, 0.1) is 41.5 Å². The number of rotatable bonds is 10. The molecule has 0 saturated carbocycles. The Morgan fingerprint density at radius 2 is 0.875 bits per heavy atom. The molecule has 0 nitrogen and oxygen atoms in total. The van der Waals surface area contributed by atoms with Gasteiger partial charge in [0.1, 0.15) is 0 Å². The van der Waals surface area contributed by atoms with Crippen molar-refractivity contribution in [1.82, 2.24) is 0 Å². The third-order valence-electron chi connectivity index (χ3n) is 14.4. The van der Waals surface area contributed by atoms with Gasteiger partial charge in [-0.15, -0.1) is 0 Å². The van der Waals surface area contributed by atoms with Gasteiger partial charge in [0.15, 0.2) is 0 Å². The molecule has 4 aromatic carbocycles. The van der Waals surface area contributed by atoms with Crippen molar-refractivity contribution < 1.29 is 12.9 Å². The van der Waals surface area contributed by atoms with E-state index in [-0.39, 0.29) is 18.1 Å². The van der Waals surface area contributed by atoms with Gasteiger partial charge in [0.25, 0.3) is 0 Å². The van der Waals surface area contributed by atoms with Gasteiger partial charge in [-0.1, -0.05) is 0 Å². The SMILES string of the molecule is [CH2]=[Zr]([Cl])([Cl])([CH2]CCC)([CH2]CCC)([CH]1C=CC=C1)[CH]1c2cc(-c3c(C)cc(C)cc3C)c(C(C)(C)C)cc2-c2cc(C(C)(C)C)c(-c3c(C)cc(C)cc3C)cc21. The molecule has 56 heavy (non-hydrogen) atoms. The minimum absolute atomic E-state index is 0.116. The molecule has 4 aromatic rings. The summed E-state index contributed by atoms with van der Waals surface area (Å²) in [5.41, 5.74) is 20.7. The molecular weight excluding hydrogens is 799 g/mol. The van der Waals surface area contributed by atoms with Crippen LogP contribution in [0.2, 0.25) is 11.9 Å². The van der Waals surface area contributed by atoms with Gasteiger partial charge < -0.3 is 0 Å². The third kappa shape index (κ3) is 6.71. The number of fused-ring (bicyclic) bond motifs is 3. The maximum absolute atomic E-state index is 9.30. The average molecular weight is 869 g/mol. The van der Waals surface area contributed by atoms with Crippen molar-refractivity contribution in [1.29, 1.82) is 0 Å². The van der Waals surface area contributed by atoms with Gasteiger partial charge in [-0.25, -0.2) is 0 Å². The van der Waals surface area contributed by atoms with E-state index >= 15 is 0 Å². The van der Waals surface area contributed by atoms with Crippen LogP contribution in [0.1, 0.15) is 140 Å². The van der Waals surface area contributed by atoms with Gasteiger partial charge in [0.05, 0.1) is 0 Å². The first-order chi connectivity index (χ1) is 25.7. The molecular formula is C53H70Cl2Zr. The van der Waals surface area contributed by atoms with E-state index in [0.29, 0.717) is 0 Å². The molecule has 0 spiro atoms. The van der Waals surface area contributed by atoms with Gasteiger partial charge in [-0.3, -0.25) is 0 Å². The summed E-state index contributed by atoms with van der Waals surface area (Å²) < 4.78 is 6.73. The van der Waals surface area contributed by atoms with Crippen molar-refractivity contribution in [3.63, 3.8) is 0 Å². The summed E-state index contributed by atoms with van der Waals surface area (Å²) in [7, 11) is 18.6. The van der Waals surface area contributed by atoms with Gasteiger partial charge in [-0.05, 0) is 0 Å². The quantitative estimate of drug-likeness (QED) is 0.149. The Kier molecular flexibility index (Phi) is 10.3. The molecule has 0 aliphatic heterocycles. The van der Waals surface area contributed by atoms with E-state index in [1.165, 1.54) is 89.0 Å². The Bertz CT molecular complexity index is 2260. The van der Waals surface area contributed by atoms with Gasteiger partial charge in [0.2, 0.25) is 0 Å². The minimum atomic E-state index is -6.52. The normalized spacial score (nSPS) is 16.8. The molecule has 3 heteroatoms. The van der Waals surface area contributed by atoms with E-state index in [4.69, 9.17) is 4.21 Å². The number of hydrogen-bond acceptors (Lipinski definition) is 0. The van der Waals surface area contributed by atoms with Gasteiger partial charge in [-0.2, -0.15) is 0 Å². The fourth-order valence-corrected chi connectivity index (χ4v) is 41.9. The first-order valence-corrected chi connectivity index (χ1v) is 35.9. The Labute approximate surface area is 342 Å². The molecule has 0 radical (unpaired) electrons. The maximum atomic E-state index is 9.30. The van der Waals surface area contributed by atoms with Crippen molar-refractivity contribution in [2.24, 2.45) is 0 Å². The van der Waals surface area contributed by atoms with Crippen LogP contribution in [0.3, 0.4) is 0 Å². The van der Waals surface area contributed by atoms with Crippen LogP contribution in [0.25, 0.3) is 33.4 Å². The molecule has 0 fully saturated rings. The fraction of sp³-hybridized carbons (Fsp3) is 0.453. The Morgan fingerprint density at radius 3 is 1.18 bits per heavy atom. The molecule has 6 rings (SSSR count). The Balaban J connectivity index is 1.91. The Morgan fingerprint density at radius 1 is 0.536 bits per heavy atom. The third-order valence-corrected chi connectivity index (χ3v) is 47.4. The first-order valence-electron chi connectivity index (χ1n) is 21.5. The molecule has 0 atom stereocenters.